The third-order valence-corrected chi connectivity index (χ3v) is 4.41. The highest BCUT2D eigenvalue weighted by atomic mass is 16.5. The lowest BCUT2D eigenvalue weighted by Crippen LogP contribution is -2.45. The fourth-order valence-electron chi connectivity index (χ4n) is 2.84. The summed E-state index contributed by atoms with van der Waals surface area (Å²) in [5.41, 5.74) is 1.90. The summed E-state index contributed by atoms with van der Waals surface area (Å²) in [5, 5.41) is 0. The molecular weight excluding hydrogens is 302 g/mol. The second-order valence-electron chi connectivity index (χ2n) is 6.28. The number of Topliss-reactive ketones (excluding diaryl/α,β-unsaturated/α-hetero) is 1. The SMILES string of the molecule is C=C(CC)C(=O)c1ccc2c(c1)OC(C)C(=O)N2CCCCCC. The van der Waals surface area contributed by atoms with Gasteiger partial charge in [0.25, 0.3) is 5.91 Å². The van der Waals surface area contributed by atoms with Crippen molar-refractivity contribution in [2.75, 3.05) is 11.4 Å². The van der Waals surface area contributed by atoms with Gasteiger partial charge in [-0.25, -0.2) is 0 Å². The molecule has 1 aliphatic rings. The van der Waals surface area contributed by atoms with E-state index in [0.29, 0.717) is 29.9 Å². The molecule has 0 aliphatic carbocycles. The van der Waals surface area contributed by atoms with Crippen molar-refractivity contribution < 1.29 is 14.3 Å². The highest BCUT2D eigenvalue weighted by Crippen LogP contribution is 2.35. The first-order chi connectivity index (χ1) is 11.5. The van der Waals surface area contributed by atoms with Gasteiger partial charge < -0.3 is 9.64 Å². The van der Waals surface area contributed by atoms with E-state index >= 15 is 0 Å². The first-order valence-corrected chi connectivity index (χ1v) is 8.84. The minimum absolute atomic E-state index is 0.0176. The number of nitrogens with zero attached hydrogens (tertiary/aromatic N) is 1. The normalized spacial score (nSPS) is 16.5. The molecule has 1 aromatic carbocycles. The first-order valence-electron chi connectivity index (χ1n) is 8.84. The van der Waals surface area contributed by atoms with Crippen molar-refractivity contribution in [3.63, 3.8) is 0 Å². The molecule has 0 aromatic heterocycles. The summed E-state index contributed by atoms with van der Waals surface area (Å²) in [6, 6.07) is 5.31. The number of carbonyl (C=O) groups is 2. The summed E-state index contributed by atoms with van der Waals surface area (Å²) in [6.07, 6.45) is 4.51. The largest absolute Gasteiger partial charge is 0.479 e. The van der Waals surface area contributed by atoms with Crippen molar-refractivity contribution in [3.05, 3.63) is 35.9 Å². The van der Waals surface area contributed by atoms with Gasteiger partial charge in [-0.1, -0.05) is 39.7 Å². The van der Waals surface area contributed by atoms with Gasteiger partial charge >= 0.3 is 0 Å². The minimum atomic E-state index is -0.525. The average Bonchev–Trinajstić information content (AvgIpc) is 2.59. The Morgan fingerprint density at radius 1 is 1.25 bits per heavy atom. The van der Waals surface area contributed by atoms with Gasteiger partial charge in [0, 0.05) is 12.1 Å². The summed E-state index contributed by atoms with van der Waals surface area (Å²) in [5.74, 6) is 0.520. The predicted molar refractivity (Wildman–Crippen MR) is 96.8 cm³/mol. The number of benzene rings is 1. The summed E-state index contributed by atoms with van der Waals surface area (Å²) in [6.45, 7) is 10.3. The van der Waals surface area contributed by atoms with Gasteiger partial charge in [-0.2, -0.15) is 0 Å². The molecule has 0 bridgehead atoms. The molecule has 1 heterocycles. The number of hydrogen-bond donors (Lipinski definition) is 0. The third-order valence-electron chi connectivity index (χ3n) is 4.41. The fraction of sp³-hybridized carbons (Fsp3) is 0.500. The van der Waals surface area contributed by atoms with Gasteiger partial charge in [-0.05, 0) is 43.5 Å². The van der Waals surface area contributed by atoms with Gasteiger partial charge in [-0.3, -0.25) is 9.59 Å². The Labute approximate surface area is 144 Å². The maximum absolute atomic E-state index is 12.4. The molecule has 1 amide bonds. The minimum Gasteiger partial charge on any atom is -0.479 e. The third kappa shape index (κ3) is 3.86. The molecule has 4 nitrogen and oxygen atoms in total. The Morgan fingerprint density at radius 3 is 2.67 bits per heavy atom. The van der Waals surface area contributed by atoms with Gasteiger partial charge in [0.1, 0.15) is 5.75 Å². The molecule has 0 fully saturated rings. The van der Waals surface area contributed by atoms with Crippen molar-refractivity contribution >= 4 is 17.4 Å². The van der Waals surface area contributed by atoms with E-state index < -0.39 is 6.10 Å². The van der Waals surface area contributed by atoms with Crippen LogP contribution >= 0.6 is 0 Å². The quantitative estimate of drug-likeness (QED) is 0.400. The van der Waals surface area contributed by atoms with Crippen molar-refractivity contribution in [2.45, 2.75) is 59.0 Å². The Kier molecular flexibility index (Phi) is 6.18. The van der Waals surface area contributed by atoms with Crippen LogP contribution in [0.15, 0.2) is 30.4 Å². The van der Waals surface area contributed by atoms with Crippen molar-refractivity contribution in [2.24, 2.45) is 0 Å². The highest BCUT2D eigenvalue weighted by molar-refractivity contribution is 6.09. The van der Waals surface area contributed by atoms with Crippen LogP contribution in [-0.4, -0.2) is 24.3 Å². The van der Waals surface area contributed by atoms with Crippen molar-refractivity contribution in [3.8, 4) is 5.75 Å². The van der Waals surface area contributed by atoms with E-state index in [2.05, 4.69) is 13.5 Å². The molecule has 1 unspecified atom stereocenters. The molecule has 1 aliphatic heterocycles. The Balaban J connectivity index is 2.24. The number of fused-ring (bicyclic) bond motifs is 1. The predicted octanol–water partition coefficient (Wildman–Crippen LogP) is 4.53. The number of ether oxygens (including phenoxy) is 1. The molecule has 0 spiro atoms. The summed E-state index contributed by atoms with van der Waals surface area (Å²) in [4.78, 5) is 26.5. The second kappa shape index (κ2) is 8.13. The van der Waals surface area contributed by atoms with Crippen LogP contribution < -0.4 is 9.64 Å². The number of unbranched alkanes of at least 4 members (excludes halogenated alkanes) is 3. The molecule has 1 aromatic rings. The number of amides is 1. The Morgan fingerprint density at radius 2 is 2.00 bits per heavy atom. The summed E-state index contributed by atoms with van der Waals surface area (Å²) in [7, 11) is 0. The number of allylic oxidation sites excluding steroid dienone is 1. The van der Waals surface area contributed by atoms with Crippen LogP contribution in [0.2, 0.25) is 0 Å². The zero-order valence-corrected chi connectivity index (χ0v) is 14.9. The van der Waals surface area contributed by atoms with Crippen LogP contribution in [0, 0.1) is 0 Å². The van der Waals surface area contributed by atoms with E-state index in [1.54, 1.807) is 24.0 Å². The lowest BCUT2D eigenvalue weighted by molar-refractivity contribution is -0.125. The molecule has 0 N–H and O–H groups in total. The Hall–Kier alpha value is -2.10. The molecule has 0 radical (unpaired) electrons. The summed E-state index contributed by atoms with van der Waals surface area (Å²) < 4.78 is 5.73. The van der Waals surface area contributed by atoms with Crippen LogP contribution in [0.3, 0.4) is 0 Å². The van der Waals surface area contributed by atoms with Gasteiger partial charge in [0.15, 0.2) is 11.9 Å². The van der Waals surface area contributed by atoms with Crippen LogP contribution in [0.5, 0.6) is 5.75 Å². The van der Waals surface area contributed by atoms with E-state index in [9.17, 15) is 9.59 Å². The molecule has 1 atom stereocenters. The highest BCUT2D eigenvalue weighted by Gasteiger charge is 2.31. The van der Waals surface area contributed by atoms with E-state index in [-0.39, 0.29) is 11.7 Å². The molecular formula is C20H27NO3. The molecule has 0 saturated heterocycles. The molecule has 2 rings (SSSR count). The maximum atomic E-state index is 12.4. The molecule has 4 heteroatoms. The van der Waals surface area contributed by atoms with E-state index in [1.807, 2.05) is 13.0 Å². The lowest BCUT2D eigenvalue weighted by atomic mass is 10.0. The van der Waals surface area contributed by atoms with Gasteiger partial charge in [0.2, 0.25) is 0 Å². The van der Waals surface area contributed by atoms with Gasteiger partial charge in [0.05, 0.1) is 5.69 Å². The lowest BCUT2D eigenvalue weighted by Gasteiger charge is -2.33. The van der Waals surface area contributed by atoms with Gasteiger partial charge in [-0.15, -0.1) is 0 Å². The maximum Gasteiger partial charge on any atom is 0.267 e. The van der Waals surface area contributed by atoms with E-state index in [4.69, 9.17) is 4.74 Å². The zero-order chi connectivity index (χ0) is 17.7. The Bertz CT molecular complexity index is 636. The second-order valence-corrected chi connectivity index (χ2v) is 6.28. The number of ketones is 1. The number of anilines is 1. The fourth-order valence-corrected chi connectivity index (χ4v) is 2.84. The average molecular weight is 329 g/mol. The molecule has 130 valence electrons. The molecule has 0 saturated carbocycles. The zero-order valence-electron chi connectivity index (χ0n) is 14.9. The molecule has 24 heavy (non-hydrogen) atoms. The number of rotatable bonds is 8. The van der Waals surface area contributed by atoms with E-state index in [0.717, 1.165) is 24.9 Å². The van der Waals surface area contributed by atoms with Crippen molar-refractivity contribution in [1.29, 1.82) is 0 Å². The van der Waals surface area contributed by atoms with Crippen LogP contribution in [0.1, 0.15) is 63.2 Å². The van der Waals surface area contributed by atoms with Crippen LogP contribution in [0.4, 0.5) is 5.69 Å². The summed E-state index contributed by atoms with van der Waals surface area (Å²) >= 11 is 0. The van der Waals surface area contributed by atoms with E-state index in [1.165, 1.54) is 6.42 Å². The number of carbonyl (C=O) groups excluding carboxylic acids is 2. The smallest absolute Gasteiger partial charge is 0.267 e. The topological polar surface area (TPSA) is 46.6 Å². The van der Waals surface area contributed by atoms with Crippen LogP contribution in [-0.2, 0) is 4.79 Å². The first kappa shape index (κ1) is 18.2. The van der Waals surface area contributed by atoms with Crippen LogP contribution in [0.25, 0.3) is 0 Å². The van der Waals surface area contributed by atoms with Crippen molar-refractivity contribution in [1.82, 2.24) is 0 Å². The monoisotopic (exact) mass is 329 g/mol. The number of hydrogen-bond acceptors (Lipinski definition) is 3. The standard InChI is InChI=1S/C20H27NO3/c1-5-7-8-9-12-21-17-11-10-16(19(22)14(3)6-2)13-18(17)24-15(4)20(21)23/h10-11,13,15H,3,5-9,12H2,1-2,4H3.